The van der Waals surface area contributed by atoms with Crippen LogP contribution in [0.25, 0.3) is 0 Å². The van der Waals surface area contributed by atoms with E-state index in [1.165, 1.54) is 11.3 Å². The number of nitrogens with zero attached hydrogens (tertiary/aromatic N) is 2. The molecule has 0 aromatic carbocycles. The molecule has 1 aromatic heterocycles. The van der Waals surface area contributed by atoms with Gasteiger partial charge >= 0.3 is 0 Å². The van der Waals surface area contributed by atoms with Crippen LogP contribution in [0.4, 0.5) is 5.13 Å². The van der Waals surface area contributed by atoms with E-state index < -0.39 is 0 Å². The normalized spacial score (nSPS) is 10.3. The van der Waals surface area contributed by atoms with Gasteiger partial charge in [0.2, 0.25) is 0 Å². The third-order valence-corrected chi connectivity index (χ3v) is 3.04. The molecule has 1 rings (SSSR count). The molecule has 84 valence electrons. The molecule has 0 saturated heterocycles. The monoisotopic (exact) mass is 227 g/mol. The fourth-order valence-electron chi connectivity index (χ4n) is 1.12. The summed E-state index contributed by atoms with van der Waals surface area (Å²) in [6, 6.07) is 0. The van der Waals surface area contributed by atoms with E-state index in [9.17, 15) is 0 Å². The molecular formula is C9H17N5S. The van der Waals surface area contributed by atoms with Crippen LogP contribution in [0.5, 0.6) is 0 Å². The summed E-state index contributed by atoms with van der Waals surface area (Å²) < 4.78 is 0. The van der Waals surface area contributed by atoms with E-state index in [0.717, 1.165) is 36.6 Å². The summed E-state index contributed by atoms with van der Waals surface area (Å²) in [4.78, 5) is 5.95. The van der Waals surface area contributed by atoms with Gasteiger partial charge in [-0.1, -0.05) is 0 Å². The molecule has 1 heterocycles. The van der Waals surface area contributed by atoms with Crippen molar-refractivity contribution < 1.29 is 0 Å². The maximum Gasteiger partial charge on any atom is 0.194 e. The van der Waals surface area contributed by atoms with Crippen molar-refractivity contribution in [2.24, 2.45) is 11.5 Å². The highest BCUT2D eigenvalue weighted by Gasteiger charge is 2.08. The highest BCUT2D eigenvalue weighted by molar-refractivity contribution is 7.14. The molecule has 0 radical (unpaired) electrons. The number of thiazole rings is 1. The Labute approximate surface area is 93.6 Å². The van der Waals surface area contributed by atoms with Gasteiger partial charge in [-0.15, -0.1) is 11.3 Å². The van der Waals surface area contributed by atoms with Crippen LogP contribution in [-0.2, 0) is 6.42 Å². The Morgan fingerprint density at radius 1 is 1.60 bits per heavy atom. The van der Waals surface area contributed by atoms with Crippen LogP contribution in [0, 0.1) is 5.41 Å². The lowest BCUT2D eigenvalue weighted by atomic mass is 10.2. The van der Waals surface area contributed by atoms with Gasteiger partial charge in [0.15, 0.2) is 11.1 Å². The number of guanidine groups is 1. The van der Waals surface area contributed by atoms with E-state index in [0.29, 0.717) is 0 Å². The Balaban J connectivity index is 2.52. The third-order valence-electron chi connectivity index (χ3n) is 2.07. The first-order valence-corrected chi connectivity index (χ1v) is 5.75. The number of aromatic nitrogens is 1. The van der Waals surface area contributed by atoms with Crippen LogP contribution in [0.1, 0.15) is 18.5 Å². The molecule has 0 aliphatic carbocycles. The maximum absolute atomic E-state index is 7.27. The van der Waals surface area contributed by atoms with E-state index in [1.807, 2.05) is 5.38 Å². The van der Waals surface area contributed by atoms with Gasteiger partial charge in [-0.2, -0.15) is 0 Å². The van der Waals surface area contributed by atoms with Gasteiger partial charge in [-0.25, -0.2) is 4.98 Å². The Bertz CT molecular complexity index is 322. The summed E-state index contributed by atoms with van der Waals surface area (Å²) in [6.07, 6.45) is 3.03. The van der Waals surface area contributed by atoms with Crippen molar-refractivity contribution in [3.8, 4) is 0 Å². The van der Waals surface area contributed by atoms with Gasteiger partial charge in [-0.05, 0) is 25.8 Å². The molecule has 0 amide bonds. The molecule has 0 atom stereocenters. The van der Waals surface area contributed by atoms with Crippen LogP contribution in [-0.4, -0.2) is 24.5 Å². The lowest BCUT2D eigenvalue weighted by Crippen LogP contribution is -2.32. The minimum atomic E-state index is 0.0119. The molecule has 0 saturated carbocycles. The molecule has 0 aliphatic heterocycles. The minimum Gasteiger partial charge on any atom is -0.370 e. The zero-order valence-corrected chi connectivity index (χ0v) is 9.68. The largest absolute Gasteiger partial charge is 0.370 e. The molecule has 6 heteroatoms. The van der Waals surface area contributed by atoms with Gasteiger partial charge in [0.1, 0.15) is 0 Å². The van der Waals surface area contributed by atoms with Gasteiger partial charge in [0, 0.05) is 12.4 Å². The SMILES string of the molecule is CN(C(=N)N)c1nc(CCCCN)cs1. The summed E-state index contributed by atoms with van der Waals surface area (Å²) in [5, 5.41) is 10.0. The molecule has 0 unspecified atom stereocenters. The molecule has 5 nitrogen and oxygen atoms in total. The zero-order valence-electron chi connectivity index (χ0n) is 8.86. The number of nitrogens with one attached hydrogen (secondary N) is 1. The van der Waals surface area contributed by atoms with Crippen molar-refractivity contribution in [3.63, 3.8) is 0 Å². The van der Waals surface area contributed by atoms with Crippen molar-refractivity contribution in [2.75, 3.05) is 18.5 Å². The number of nitrogens with two attached hydrogens (primary N) is 2. The van der Waals surface area contributed by atoms with Crippen LogP contribution >= 0.6 is 11.3 Å². The molecule has 0 aliphatic rings. The number of unbranched alkanes of at least 4 members (excludes halogenated alkanes) is 1. The fraction of sp³-hybridized carbons (Fsp3) is 0.556. The fourth-order valence-corrected chi connectivity index (χ4v) is 1.96. The molecule has 0 bridgehead atoms. The lowest BCUT2D eigenvalue weighted by molar-refractivity contribution is 0.735. The Morgan fingerprint density at radius 2 is 2.33 bits per heavy atom. The van der Waals surface area contributed by atoms with Crippen molar-refractivity contribution >= 4 is 22.4 Å². The van der Waals surface area contributed by atoms with E-state index in [2.05, 4.69) is 4.98 Å². The van der Waals surface area contributed by atoms with E-state index in [-0.39, 0.29) is 5.96 Å². The van der Waals surface area contributed by atoms with Gasteiger partial charge in [-0.3, -0.25) is 10.3 Å². The first kappa shape index (κ1) is 11.9. The summed E-state index contributed by atoms with van der Waals surface area (Å²) in [5.41, 5.74) is 11.8. The summed E-state index contributed by atoms with van der Waals surface area (Å²) >= 11 is 1.51. The second-order valence-electron chi connectivity index (χ2n) is 3.31. The Morgan fingerprint density at radius 3 is 2.93 bits per heavy atom. The van der Waals surface area contributed by atoms with Gasteiger partial charge in [0.05, 0.1) is 5.69 Å². The molecule has 1 aromatic rings. The number of anilines is 1. The number of aryl methyl sites for hydroxylation is 1. The lowest BCUT2D eigenvalue weighted by Gasteiger charge is -2.11. The van der Waals surface area contributed by atoms with Crippen LogP contribution in [0.15, 0.2) is 5.38 Å². The first-order valence-electron chi connectivity index (χ1n) is 4.87. The predicted octanol–water partition coefficient (Wildman–Crippen LogP) is 0.754. The summed E-state index contributed by atoms with van der Waals surface area (Å²) in [7, 11) is 1.74. The van der Waals surface area contributed by atoms with Gasteiger partial charge < -0.3 is 11.5 Å². The molecule has 0 spiro atoms. The third kappa shape index (κ3) is 3.49. The number of hydrogen-bond donors (Lipinski definition) is 3. The average Bonchev–Trinajstić information content (AvgIpc) is 2.65. The minimum absolute atomic E-state index is 0.0119. The smallest absolute Gasteiger partial charge is 0.194 e. The molecular weight excluding hydrogens is 210 g/mol. The van der Waals surface area contributed by atoms with Crippen LogP contribution < -0.4 is 16.4 Å². The zero-order chi connectivity index (χ0) is 11.3. The topological polar surface area (TPSA) is 92.0 Å². The van der Waals surface area contributed by atoms with E-state index in [1.54, 1.807) is 11.9 Å². The average molecular weight is 227 g/mol. The standard InChI is InChI=1S/C9H17N5S/c1-14(8(11)12)9-13-7(6-15-9)4-2-3-5-10/h6H,2-5,10H2,1H3,(H3,11,12). The maximum atomic E-state index is 7.27. The molecule has 5 N–H and O–H groups in total. The predicted molar refractivity (Wildman–Crippen MR) is 64.4 cm³/mol. The van der Waals surface area contributed by atoms with E-state index in [4.69, 9.17) is 16.9 Å². The highest BCUT2D eigenvalue weighted by atomic mass is 32.1. The van der Waals surface area contributed by atoms with Crippen molar-refractivity contribution in [2.45, 2.75) is 19.3 Å². The van der Waals surface area contributed by atoms with Crippen LogP contribution in [0.3, 0.4) is 0 Å². The van der Waals surface area contributed by atoms with E-state index >= 15 is 0 Å². The second kappa shape index (κ2) is 5.67. The number of hydrogen-bond acceptors (Lipinski definition) is 4. The summed E-state index contributed by atoms with van der Waals surface area (Å²) in [6.45, 7) is 0.727. The Kier molecular flexibility index (Phi) is 4.51. The van der Waals surface area contributed by atoms with Crippen molar-refractivity contribution in [3.05, 3.63) is 11.1 Å². The first-order chi connectivity index (χ1) is 7.15. The Hall–Kier alpha value is -1.14. The summed E-state index contributed by atoms with van der Waals surface area (Å²) in [5.74, 6) is 0.0119. The second-order valence-corrected chi connectivity index (χ2v) is 4.15. The van der Waals surface area contributed by atoms with Crippen LogP contribution in [0.2, 0.25) is 0 Å². The highest BCUT2D eigenvalue weighted by Crippen LogP contribution is 2.19. The quantitative estimate of drug-likeness (QED) is 0.393. The number of rotatable bonds is 5. The van der Waals surface area contributed by atoms with Gasteiger partial charge in [0.25, 0.3) is 0 Å². The van der Waals surface area contributed by atoms with Crippen molar-refractivity contribution in [1.29, 1.82) is 5.41 Å². The van der Waals surface area contributed by atoms with Crippen molar-refractivity contribution in [1.82, 2.24) is 4.98 Å². The molecule has 15 heavy (non-hydrogen) atoms. The molecule has 0 fully saturated rings.